The molecule has 3 unspecified atom stereocenters. The zero-order chi connectivity index (χ0) is 15.7. The second-order valence-electron chi connectivity index (χ2n) is 6.82. The van der Waals surface area contributed by atoms with Crippen LogP contribution in [0.25, 0.3) is 5.57 Å². The Morgan fingerprint density at radius 1 is 0.818 bits per heavy atom. The fraction of sp³-hybridized carbons (Fsp3) is 0.364. The van der Waals surface area contributed by atoms with E-state index in [1.54, 1.807) is 0 Å². The molecule has 0 saturated heterocycles. The van der Waals surface area contributed by atoms with Gasteiger partial charge in [0.1, 0.15) is 0 Å². The lowest BCUT2D eigenvalue weighted by Gasteiger charge is -2.36. The Hall–Kier alpha value is -1.82. The average Bonchev–Trinajstić information content (AvgIpc) is 2.52. The van der Waals surface area contributed by atoms with Gasteiger partial charge in [-0.05, 0) is 65.8 Å². The highest BCUT2D eigenvalue weighted by Crippen LogP contribution is 2.45. The maximum atomic E-state index is 2.49. The maximum Gasteiger partial charge on any atom is -0.00931 e. The van der Waals surface area contributed by atoms with Gasteiger partial charge in [0, 0.05) is 0 Å². The lowest BCUT2D eigenvalue weighted by atomic mass is 9.68. The van der Waals surface area contributed by atoms with Crippen molar-refractivity contribution in [2.45, 2.75) is 40.0 Å². The molecule has 0 aliphatic heterocycles. The summed E-state index contributed by atoms with van der Waals surface area (Å²) in [5, 5.41) is 0. The standard InChI is InChI=1S/C22H26/c1-15-9-5-7-11-19(15)21-13-14-22(18(4)17(21)3)20-12-8-6-10-16(20)2/h5-13,17-18,22H,14H2,1-4H3. The molecule has 0 aromatic heterocycles. The van der Waals surface area contributed by atoms with Crippen molar-refractivity contribution < 1.29 is 0 Å². The predicted molar refractivity (Wildman–Crippen MR) is 96.0 cm³/mol. The molecule has 0 spiro atoms. The summed E-state index contributed by atoms with van der Waals surface area (Å²) in [6.45, 7) is 9.29. The van der Waals surface area contributed by atoms with Crippen LogP contribution in [-0.4, -0.2) is 0 Å². The summed E-state index contributed by atoms with van der Waals surface area (Å²) in [6, 6.07) is 17.7. The summed E-state index contributed by atoms with van der Waals surface area (Å²) < 4.78 is 0. The van der Waals surface area contributed by atoms with Gasteiger partial charge in [-0.3, -0.25) is 0 Å². The molecule has 0 fully saturated rings. The van der Waals surface area contributed by atoms with Gasteiger partial charge in [-0.2, -0.15) is 0 Å². The minimum atomic E-state index is 0.597. The first-order chi connectivity index (χ1) is 10.6. The normalized spacial score (nSPS) is 24.9. The molecule has 0 heteroatoms. The average molecular weight is 290 g/mol. The molecule has 22 heavy (non-hydrogen) atoms. The van der Waals surface area contributed by atoms with E-state index in [2.05, 4.69) is 82.3 Å². The Morgan fingerprint density at radius 2 is 1.45 bits per heavy atom. The summed E-state index contributed by atoms with van der Waals surface area (Å²) in [6.07, 6.45) is 3.64. The summed E-state index contributed by atoms with van der Waals surface area (Å²) in [5.74, 6) is 1.91. The van der Waals surface area contributed by atoms with Gasteiger partial charge >= 0.3 is 0 Å². The third-order valence-corrected chi connectivity index (χ3v) is 5.55. The molecule has 0 N–H and O–H groups in total. The number of hydrogen-bond acceptors (Lipinski definition) is 0. The maximum absolute atomic E-state index is 2.49. The van der Waals surface area contributed by atoms with Crippen molar-refractivity contribution in [3.8, 4) is 0 Å². The molecule has 0 saturated carbocycles. The van der Waals surface area contributed by atoms with Gasteiger partial charge in [0.25, 0.3) is 0 Å². The molecule has 1 aliphatic carbocycles. The monoisotopic (exact) mass is 290 g/mol. The van der Waals surface area contributed by atoms with E-state index in [-0.39, 0.29) is 0 Å². The van der Waals surface area contributed by atoms with Crippen molar-refractivity contribution in [3.05, 3.63) is 76.9 Å². The number of hydrogen-bond donors (Lipinski definition) is 0. The minimum Gasteiger partial charge on any atom is -0.0798 e. The van der Waals surface area contributed by atoms with Crippen LogP contribution < -0.4 is 0 Å². The van der Waals surface area contributed by atoms with Crippen LogP contribution in [0.3, 0.4) is 0 Å². The molecule has 2 aromatic rings. The van der Waals surface area contributed by atoms with Crippen LogP contribution in [-0.2, 0) is 0 Å². The highest BCUT2D eigenvalue weighted by molar-refractivity contribution is 5.71. The molecular formula is C22H26. The zero-order valence-corrected chi connectivity index (χ0v) is 14.1. The van der Waals surface area contributed by atoms with Crippen LogP contribution in [0, 0.1) is 25.7 Å². The van der Waals surface area contributed by atoms with E-state index in [0.29, 0.717) is 17.8 Å². The number of benzene rings is 2. The van der Waals surface area contributed by atoms with Crippen molar-refractivity contribution in [3.63, 3.8) is 0 Å². The van der Waals surface area contributed by atoms with Crippen LogP contribution in [0.2, 0.25) is 0 Å². The predicted octanol–water partition coefficient (Wildman–Crippen LogP) is 6.15. The molecule has 0 bridgehead atoms. The van der Waals surface area contributed by atoms with Crippen LogP contribution in [0.1, 0.15) is 48.4 Å². The van der Waals surface area contributed by atoms with E-state index >= 15 is 0 Å². The van der Waals surface area contributed by atoms with Gasteiger partial charge in [0.15, 0.2) is 0 Å². The van der Waals surface area contributed by atoms with Crippen molar-refractivity contribution >= 4 is 5.57 Å². The first-order valence-corrected chi connectivity index (χ1v) is 8.41. The third kappa shape index (κ3) is 2.63. The Balaban J connectivity index is 1.97. The van der Waals surface area contributed by atoms with Crippen molar-refractivity contribution in [2.75, 3.05) is 0 Å². The molecule has 3 atom stereocenters. The first kappa shape index (κ1) is 15.1. The second kappa shape index (κ2) is 6.12. The van der Waals surface area contributed by atoms with E-state index in [9.17, 15) is 0 Å². The third-order valence-electron chi connectivity index (χ3n) is 5.55. The van der Waals surface area contributed by atoms with Gasteiger partial charge in [-0.25, -0.2) is 0 Å². The molecule has 0 amide bonds. The van der Waals surface area contributed by atoms with Crippen molar-refractivity contribution in [1.29, 1.82) is 0 Å². The second-order valence-corrected chi connectivity index (χ2v) is 6.82. The van der Waals surface area contributed by atoms with E-state index in [1.165, 1.54) is 27.8 Å². The lowest BCUT2D eigenvalue weighted by molar-refractivity contribution is 0.369. The van der Waals surface area contributed by atoms with Crippen LogP contribution in [0.5, 0.6) is 0 Å². The fourth-order valence-corrected chi connectivity index (χ4v) is 3.95. The molecule has 2 aromatic carbocycles. The first-order valence-electron chi connectivity index (χ1n) is 8.41. The smallest absolute Gasteiger partial charge is 0.00931 e. The van der Waals surface area contributed by atoms with E-state index < -0.39 is 0 Å². The van der Waals surface area contributed by atoms with Crippen LogP contribution >= 0.6 is 0 Å². The van der Waals surface area contributed by atoms with E-state index in [0.717, 1.165) is 6.42 Å². The molecule has 114 valence electrons. The Morgan fingerprint density at radius 3 is 2.14 bits per heavy atom. The van der Waals surface area contributed by atoms with E-state index in [4.69, 9.17) is 0 Å². The minimum absolute atomic E-state index is 0.597. The van der Waals surface area contributed by atoms with Crippen molar-refractivity contribution in [1.82, 2.24) is 0 Å². The molecular weight excluding hydrogens is 264 g/mol. The Kier molecular flexibility index (Phi) is 4.20. The van der Waals surface area contributed by atoms with Gasteiger partial charge in [-0.1, -0.05) is 68.5 Å². The SMILES string of the molecule is Cc1ccccc1C1=CCC(c2ccccc2C)C(C)C1C. The van der Waals surface area contributed by atoms with Crippen LogP contribution in [0.15, 0.2) is 54.6 Å². The lowest BCUT2D eigenvalue weighted by Crippen LogP contribution is -2.23. The van der Waals surface area contributed by atoms with Gasteiger partial charge in [0.2, 0.25) is 0 Å². The molecule has 1 aliphatic rings. The topological polar surface area (TPSA) is 0 Å². The Labute approximate surface area is 134 Å². The summed E-state index contributed by atoms with van der Waals surface area (Å²) >= 11 is 0. The van der Waals surface area contributed by atoms with Crippen molar-refractivity contribution in [2.24, 2.45) is 11.8 Å². The largest absolute Gasteiger partial charge is 0.0798 e. The summed E-state index contributed by atoms with van der Waals surface area (Å²) in [7, 11) is 0. The van der Waals surface area contributed by atoms with Gasteiger partial charge in [0.05, 0.1) is 0 Å². The van der Waals surface area contributed by atoms with Crippen LogP contribution in [0.4, 0.5) is 0 Å². The fourth-order valence-electron chi connectivity index (χ4n) is 3.95. The number of allylic oxidation sites excluding steroid dienone is 2. The van der Waals surface area contributed by atoms with Gasteiger partial charge < -0.3 is 0 Å². The van der Waals surface area contributed by atoms with E-state index in [1.807, 2.05) is 0 Å². The quantitative estimate of drug-likeness (QED) is 0.622. The molecule has 0 radical (unpaired) electrons. The number of rotatable bonds is 2. The summed E-state index contributed by atoms with van der Waals surface area (Å²) in [5.41, 5.74) is 7.32. The molecule has 0 heterocycles. The number of aryl methyl sites for hydroxylation is 2. The summed E-state index contributed by atoms with van der Waals surface area (Å²) in [4.78, 5) is 0. The Bertz CT molecular complexity index is 693. The highest BCUT2D eigenvalue weighted by atomic mass is 14.4. The zero-order valence-electron chi connectivity index (χ0n) is 14.1. The molecule has 0 nitrogen and oxygen atoms in total. The van der Waals surface area contributed by atoms with Gasteiger partial charge in [-0.15, -0.1) is 0 Å². The molecule has 3 rings (SSSR count). The highest BCUT2D eigenvalue weighted by Gasteiger charge is 2.31.